The normalized spacial score (nSPS) is 12.4. The lowest BCUT2D eigenvalue weighted by Crippen LogP contribution is -2.30. The molecule has 1 unspecified atom stereocenters. The van der Waals surface area contributed by atoms with Gasteiger partial charge in [0.2, 0.25) is 0 Å². The molecule has 410 valence electrons. The third-order valence-corrected chi connectivity index (χ3v) is 14.8. The van der Waals surface area contributed by atoms with Crippen LogP contribution in [0.4, 0.5) is 0 Å². The van der Waals surface area contributed by atoms with Crippen LogP contribution in [0.2, 0.25) is 0 Å². The number of carbonyl (C=O) groups is 3. The second-order valence-corrected chi connectivity index (χ2v) is 22.4. The summed E-state index contributed by atoms with van der Waals surface area (Å²) >= 11 is 0. The molecule has 0 aromatic rings. The van der Waals surface area contributed by atoms with Gasteiger partial charge < -0.3 is 14.2 Å². The van der Waals surface area contributed by atoms with Gasteiger partial charge in [-0.25, -0.2) is 0 Å². The van der Waals surface area contributed by atoms with Crippen molar-refractivity contribution in [3.63, 3.8) is 0 Å². The van der Waals surface area contributed by atoms with Gasteiger partial charge in [0.25, 0.3) is 0 Å². The van der Waals surface area contributed by atoms with Crippen LogP contribution in [0.1, 0.15) is 356 Å². The van der Waals surface area contributed by atoms with Crippen molar-refractivity contribution in [3.05, 3.63) is 0 Å². The van der Waals surface area contributed by atoms with Crippen LogP contribution in [0.25, 0.3) is 0 Å². The topological polar surface area (TPSA) is 78.9 Å². The first-order valence-electron chi connectivity index (χ1n) is 31.3. The second kappa shape index (κ2) is 55.7. The van der Waals surface area contributed by atoms with E-state index < -0.39 is 6.10 Å². The highest BCUT2D eigenvalue weighted by molar-refractivity contribution is 5.71. The standard InChI is InChI=1S/C63H122O6/c1-6-8-9-10-11-12-13-28-33-38-43-48-53-61(64)67-56-60(69-63(66)55-50-45-40-35-30-25-21-20-23-27-32-37-42-47-52-59(5)7-2)57-68-62(65)54-49-44-39-34-29-24-19-17-15-14-16-18-22-26-31-36-41-46-51-58(3)4/h58-60H,6-57H2,1-5H3/t59?,60-/m1/s1. The summed E-state index contributed by atoms with van der Waals surface area (Å²) in [6.07, 6.45) is 60.9. The van der Waals surface area contributed by atoms with Gasteiger partial charge in [-0.2, -0.15) is 0 Å². The summed E-state index contributed by atoms with van der Waals surface area (Å²) in [5, 5.41) is 0. The lowest BCUT2D eigenvalue weighted by atomic mass is 9.99. The molecule has 0 fully saturated rings. The Balaban J connectivity index is 4.24. The average molecular weight is 976 g/mol. The number of esters is 3. The molecule has 0 aliphatic carbocycles. The van der Waals surface area contributed by atoms with Gasteiger partial charge in [0, 0.05) is 19.3 Å². The van der Waals surface area contributed by atoms with Crippen LogP contribution >= 0.6 is 0 Å². The van der Waals surface area contributed by atoms with Crippen LogP contribution in [0.3, 0.4) is 0 Å². The summed E-state index contributed by atoms with van der Waals surface area (Å²) in [4.78, 5) is 38.2. The highest BCUT2D eigenvalue weighted by Gasteiger charge is 2.19. The summed E-state index contributed by atoms with van der Waals surface area (Å²) in [5.74, 6) is 0.920. The quantitative estimate of drug-likeness (QED) is 0.0343. The van der Waals surface area contributed by atoms with Gasteiger partial charge in [-0.05, 0) is 31.1 Å². The van der Waals surface area contributed by atoms with Crippen LogP contribution in [-0.2, 0) is 28.6 Å². The minimum absolute atomic E-state index is 0.0620. The Morgan fingerprint density at radius 3 is 0.826 bits per heavy atom. The van der Waals surface area contributed by atoms with Crippen LogP contribution in [0, 0.1) is 11.8 Å². The number of ether oxygens (including phenoxy) is 3. The second-order valence-electron chi connectivity index (χ2n) is 22.4. The highest BCUT2D eigenvalue weighted by Crippen LogP contribution is 2.19. The van der Waals surface area contributed by atoms with Crippen molar-refractivity contribution in [2.75, 3.05) is 13.2 Å². The van der Waals surface area contributed by atoms with Crippen LogP contribution in [0.5, 0.6) is 0 Å². The molecular formula is C63H122O6. The third-order valence-electron chi connectivity index (χ3n) is 14.8. The molecule has 0 bridgehead atoms. The maximum atomic E-state index is 12.9. The molecule has 0 saturated heterocycles. The monoisotopic (exact) mass is 975 g/mol. The Bertz CT molecular complexity index is 1060. The molecule has 0 radical (unpaired) electrons. The molecule has 0 heterocycles. The lowest BCUT2D eigenvalue weighted by molar-refractivity contribution is -0.167. The Hall–Kier alpha value is -1.59. The Morgan fingerprint density at radius 1 is 0.304 bits per heavy atom. The molecule has 0 rings (SSSR count). The maximum Gasteiger partial charge on any atom is 0.306 e. The summed E-state index contributed by atoms with van der Waals surface area (Å²) in [6.45, 7) is 11.5. The fourth-order valence-electron chi connectivity index (χ4n) is 9.73. The van der Waals surface area contributed by atoms with E-state index in [4.69, 9.17) is 14.2 Å². The minimum atomic E-state index is -0.763. The Morgan fingerprint density at radius 2 is 0.551 bits per heavy atom. The van der Waals surface area contributed by atoms with Crippen molar-refractivity contribution in [2.24, 2.45) is 11.8 Å². The molecule has 0 amide bonds. The minimum Gasteiger partial charge on any atom is -0.462 e. The predicted molar refractivity (Wildman–Crippen MR) is 298 cm³/mol. The third kappa shape index (κ3) is 55.6. The van der Waals surface area contributed by atoms with Crippen LogP contribution in [-0.4, -0.2) is 37.2 Å². The van der Waals surface area contributed by atoms with Gasteiger partial charge in [0.15, 0.2) is 6.10 Å². The summed E-state index contributed by atoms with van der Waals surface area (Å²) in [6, 6.07) is 0. The molecule has 0 aliphatic rings. The van der Waals surface area contributed by atoms with Crippen molar-refractivity contribution < 1.29 is 28.6 Å². The number of hydrogen-bond donors (Lipinski definition) is 0. The zero-order valence-electron chi connectivity index (χ0n) is 47.5. The smallest absolute Gasteiger partial charge is 0.306 e. The van der Waals surface area contributed by atoms with Crippen molar-refractivity contribution in [1.29, 1.82) is 0 Å². The van der Waals surface area contributed by atoms with E-state index in [1.807, 2.05) is 0 Å². The van der Waals surface area contributed by atoms with E-state index in [-0.39, 0.29) is 31.1 Å². The van der Waals surface area contributed by atoms with Gasteiger partial charge in [0.05, 0.1) is 0 Å². The lowest BCUT2D eigenvalue weighted by Gasteiger charge is -2.18. The number of unbranched alkanes of at least 4 members (excludes halogenated alkanes) is 41. The maximum absolute atomic E-state index is 12.9. The summed E-state index contributed by atoms with van der Waals surface area (Å²) < 4.78 is 16.9. The van der Waals surface area contributed by atoms with Gasteiger partial charge in [-0.1, -0.05) is 317 Å². The molecule has 0 aliphatic heterocycles. The molecular weight excluding hydrogens is 853 g/mol. The SMILES string of the molecule is CCCCCCCCCCCCCCC(=O)OC[C@H](COC(=O)CCCCCCCCCCCCCCCCCCCCC(C)C)OC(=O)CCCCCCCCCCCCCCCCC(C)CC. The van der Waals surface area contributed by atoms with E-state index in [1.54, 1.807) is 0 Å². The molecule has 0 N–H and O–H groups in total. The summed E-state index contributed by atoms with van der Waals surface area (Å²) in [7, 11) is 0. The van der Waals surface area contributed by atoms with Crippen molar-refractivity contribution >= 4 is 17.9 Å². The zero-order valence-corrected chi connectivity index (χ0v) is 47.5. The molecule has 2 atom stereocenters. The average Bonchev–Trinajstić information content (AvgIpc) is 3.34. The first kappa shape index (κ1) is 67.4. The molecule has 0 aromatic heterocycles. The first-order valence-corrected chi connectivity index (χ1v) is 31.3. The number of hydrogen-bond acceptors (Lipinski definition) is 6. The van der Waals surface area contributed by atoms with E-state index in [2.05, 4.69) is 34.6 Å². The largest absolute Gasteiger partial charge is 0.462 e. The van der Waals surface area contributed by atoms with E-state index in [0.717, 1.165) is 69.6 Å². The molecule has 6 nitrogen and oxygen atoms in total. The fourth-order valence-corrected chi connectivity index (χ4v) is 9.73. The fraction of sp³-hybridized carbons (Fsp3) is 0.952. The van der Waals surface area contributed by atoms with Crippen molar-refractivity contribution in [1.82, 2.24) is 0 Å². The van der Waals surface area contributed by atoms with Crippen LogP contribution in [0.15, 0.2) is 0 Å². The van der Waals surface area contributed by atoms with Crippen LogP contribution < -0.4 is 0 Å². The molecule has 0 saturated carbocycles. The van der Waals surface area contributed by atoms with E-state index >= 15 is 0 Å². The van der Waals surface area contributed by atoms with Crippen molar-refractivity contribution in [2.45, 2.75) is 362 Å². The van der Waals surface area contributed by atoms with Gasteiger partial charge in [-0.15, -0.1) is 0 Å². The van der Waals surface area contributed by atoms with Gasteiger partial charge in [0.1, 0.15) is 13.2 Å². The number of carbonyl (C=O) groups excluding carboxylic acids is 3. The first-order chi connectivity index (χ1) is 33.8. The Kier molecular flexibility index (Phi) is 54.4. The van der Waals surface area contributed by atoms with E-state index in [0.29, 0.717) is 19.3 Å². The predicted octanol–water partition coefficient (Wildman–Crippen LogP) is 20.8. The van der Waals surface area contributed by atoms with Gasteiger partial charge in [-0.3, -0.25) is 14.4 Å². The zero-order chi connectivity index (χ0) is 50.4. The van der Waals surface area contributed by atoms with Gasteiger partial charge >= 0.3 is 17.9 Å². The molecule has 0 spiro atoms. The molecule has 69 heavy (non-hydrogen) atoms. The highest BCUT2D eigenvalue weighted by atomic mass is 16.6. The number of rotatable bonds is 57. The van der Waals surface area contributed by atoms with E-state index in [1.165, 1.54) is 244 Å². The summed E-state index contributed by atoms with van der Waals surface area (Å²) in [5.41, 5.74) is 0. The van der Waals surface area contributed by atoms with Crippen molar-refractivity contribution in [3.8, 4) is 0 Å². The molecule has 6 heteroatoms. The molecule has 0 aromatic carbocycles. The Labute approximate surface area is 431 Å². The van der Waals surface area contributed by atoms with E-state index in [9.17, 15) is 14.4 Å².